The van der Waals surface area contributed by atoms with Crippen LogP contribution >= 0.6 is 24.0 Å². The summed E-state index contributed by atoms with van der Waals surface area (Å²) in [5, 5.41) is 9.25. The SMILES string of the molecule is CN=C(NCc1ccc(NC(=O)C(C)C)cc1)NCC(C)Oc1ccccc1F.I. The number of halogens is 2. The lowest BCUT2D eigenvalue weighted by Gasteiger charge is -2.18. The summed E-state index contributed by atoms with van der Waals surface area (Å²) in [6.07, 6.45) is -0.241. The van der Waals surface area contributed by atoms with E-state index in [0.717, 1.165) is 11.3 Å². The third-order valence-electron chi connectivity index (χ3n) is 4.15. The molecule has 6 nitrogen and oxygen atoms in total. The molecule has 1 unspecified atom stereocenters. The number of carbonyl (C=O) groups is 1. The van der Waals surface area contributed by atoms with E-state index in [1.165, 1.54) is 6.07 Å². The number of para-hydroxylation sites is 1. The first-order valence-electron chi connectivity index (χ1n) is 9.64. The van der Waals surface area contributed by atoms with E-state index in [-0.39, 0.29) is 53.5 Å². The number of anilines is 1. The predicted molar refractivity (Wildman–Crippen MR) is 130 cm³/mol. The Morgan fingerprint density at radius 1 is 1.07 bits per heavy atom. The highest BCUT2D eigenvalue weighted by molar-refractivity contribution is 14.0. The molecule has 0 aromatic heterocycles. The monoisotopic (exact) mass is 528 g/mol. The van der Waals surface area contributed by atoms with Gasteiger partial charge in [0.1, 0.15) is 6.10 Å². The maximum atomic E-state index is 13.7. The minimum atomic E-state index is -0.380. The van der Waals surface area contributed by atoms with Crippen LogP contribution in [0.1, 0.15) is 26.3 Å². The van der Waals surface area contributed by atoms with Crippen molar-refractivity contribution in [2.24, 2.45) is 10.9 Å². The first-order valence-corrected chi connectivity index (χ1v) is 9.64. The van der Waals surface area contributed by atoms with Gasteiger partial charge in [-0.2, -0.15) is 0 Å². The second-order valence-corrected chi connectivity index (χ2v) is 7.01. The first kappa shape index (κ1) is 25.7. The molecule has 0 spiro atoms. The summed E-state index contributed by atoms with van der Waals surface area (Å²) in [5.41, 5.74) is 1.82. The fraction of sp³-hybridized carbons (Fsp3) is 0.364. The van der Waals surface area contributed by atoms with Gasteiger partial charge in [0, 0.05) is 25.2 Å². The zero-order chi connectivity index (χ0) is 21.2. The van der Waals surface area contributed by atoms with Crippen molar-refractivity contribution in [3.05, 3.63) is 59.9 Å². The summed E-state index contributed by atoms with van der Waals surface area (Å²) < 4.78 is 19.3. The molecule has 30 heavy (non-hydrogen) atoms. The number of nitrogens with zero attached hydrogens (tertiary/aromatic N) is 1. The number of aliphatic imine (C=N–C) groups is 1. The molecule has 0 heterocycles. The molecule has 0 fully saturated rings. The van der Waals surface area contributed by atoms with Crippen LogP contribution in [0.2, 0.25) is 0 Å². The third kappa shape index (κ3) is 8.56. The van der Waals surface area contributed by atoms with Gasteiger partial charge in [-0.3, -0.25) is 9.79 Å². The van der Waals surface area contributed by atoms with E-state index >= 15 is 0 Å². The topological polar surface area (TPSA) is 74.8 Å². The van der Waals surface area contributed by atoms with Crippen LogP contribution in [-0.4, -0.2) is 31.6 Å². The zero-order valence-corrected chi connectivity index (χ0v) is 20.1. The van der Waals surface area contributed by atoms with Gasteiger partial charge >= 0.3 is 0 Å². The van der Waals surface area contributed by atoms with Gasteiger partial charge in [0.15, 0.2) is 17.5 Å². The third-order valence-corrected chi connectivity index (χ3v) is 4.15. The van der Waals surface area contributed by atoms with Gasteiger partial charge in [-0.15, -0.1) is 24.0 Å². The molecule has 2 aromatic carbocycles. The number of benzene rings is 2. The molecule has 1 amide bonds. The highest BCUT2D eigenvalue weighted by Crippen LogP contribution is 2.16. The van der Waals surface area contributed by atoms with Gasteiger partial charge in [-0.1, -0.05) is 38.1 Å². The molecule has 0 aliphatic heterocycles. The summed E-state index contributed by atoms with van der Waals surface area (Å²) in [4.78, 5) is 15.9. The molecule has 1 atom stereocenters. The van der Waals surface area contributed by atoms with E-state index < -0.39 is 0 Å². The Balaban J connectivity index is 0.00000450. The molecular weight excluding hydrogens is 498 g/mol. The molecular formula is C22H30FIN4O2. The van der Waals surface area contributed by atoms with Crippen LogP contribution in [0.15, 0.2) is 53.5 Å². The summed E-state index contributed by atoms with van der Waals surface area (Å²) in [7, 11) is 1.68. The maximum Gasteiger partial charge on any atom is 0.226 e. The molecule has 0 bridgehead atoms. The van der Waals surface area contributed by atoms with Crippen molar-refractivity contribution in [1.82, 2.24) is 10.6 Å². The van der Waals surface area contributed by atoms with Crippen LogP contribution in [0.3, 0.4) is 0 Å². The number of hydrogen-bond acceptors (Lipinski definition) is 3. The molecule has 0 saturated carbocycles. The Hall–Kier alpha value is -2.36. The molecule has 3 N–H and O–H groups in total. The largest absolute Gasteiger partial charge is 0.486 e. The van der Waals surface area contributed by atoms with Gasteiger partial charge in [-0.25, -0.2) is 4.39 Å². The predicted octanol–water partition coefficient (Wildman–Crippen LogP) is 4.17. The average Bonchev–Trinajstić information content (AvgIpc) is 2.71. The van der Waals surface area contributed by atoms with E-state index in [9.17, 15) is 9.18 Å². The van der Waals surface area contributed by atoms with E-state index in [4.69, 9.17) is 4.74 Å². The molecule has 2 aromatic rings. The molecule has 0 saturated heterocycles. The van der Waals surface area contributed by atoms with Gasteiger partial charge < -0.3 is 20.7 Å². The molecule has 164 valence electrons. The van der Waals surface area contributed by atoms with Crippen molar-refractivity contribution < 1.29 is 13.9 Å². The van der Waals surface area contributed by atoms with Crippen molar-refractivity contribution >= 4 is 41.5 Å². The van der Waals surface area contributed by atoms with Crippen molar-refractivity contribution in [2.45, 2.75) is 33.4 Å². The van der Waals surface area contributed by atoms with Crippen molar-refractivity contribution in [2.75, 3.05) is 18.9 Å². The smallest absolute Gasteiger partial charge is 0.226 e. The lowest BCUT2D eigenvalue weighted by atomic mass is 10.1. The summed E-state index contributed by atoms with van der Waals surface area (Å²) in [6.45, 7) is 6.61. The van der Waals surface area contributed by atoms with E-state index in [1.54, 1.807) is 25.2 Å². The fourth-order valence-corrected chi connectivity index (χ4v) is 2.44. The lowest BCUT2D eigenvalue weighted by Crippen LogP contribution is -2.41. The number of carbonyl (C=O) groups excluding carboxylic acids is 1. The number of hydrogen-bond donors (Lipinski definition) is 3. The van der Waals surface area contributed by atoms with Crippen LogP contribution in [0.25, 0.3) is 0 Å². The first-order chi connectivity index (χ1) is 13.9. The number of ether oxygens (including phenoxy) is 1. The highest BCUT2D eigenvalue weighted by Gasteiger charge is 2.09. The van der Waals surface area contributed by atoms with Gasteiger partial charge in [0.25, 0.3) is 0 Å². The fourth-order valence-electron chi connectivity index (χ4n) is 2.44. The van der Waals surface area contributed by atoms with Gasteiger partial charge in [0.2, 0.25) is 5.91 Å². The molecule has 0 aliphatic carbocycles. The Morgan fingerprint density at radius 2 is 1.73 bits per heavy atom. The molecule has 8 heteroatoms. The minimum absolute atomic E-state index is 0. The second kappa shape index (κ2) is 13.0. The Labute approximate surface area is 194 Å². The summed E-state index contributed by atoms with van der Waals surface area (Å²) >= 11 is 0. The number of amides is 1. The van der Waals surface area contributed by atoms with Gasteiger partial charge in [0.05, 0.1) is 6.54 Å². The Kier molecular flexibility index (Phi) is 11.2. The normalized spacial score (nSPS) is 12.0. The lowest BCUT2D eigenvalue weighted by molar-refractivity contribution is -0.118. The Bertz CT molecular complexity index is 828. The summed E-state index contributed by atoms with van der Waals surface area (Å²) in [6, 6.07) is 14.0. The van der Waals surface area contributed by atoms with Crippen molar-refractivity contribution in [3.8, 4) is 5.75 Å². The zero-order valence-electron chi connectivity index (χ0n) is 17.7. The number of guanidine groups is 1. The molecule has 0 aliphatic rings. The van der Waals surface area contributed by atoms with Gasteiger partial charge in [-0.05, 0) is 36.8 Å². The van der Waals surface area contributed by atoms with E-state index in [1.807, 2.05) is 45.0 Å². The van der Waals surface area contributed by atoms with Crippen LogP contribution in [0, 0.1) is 11.7 Å². The van der Waals surface area contributed by atoms with Crippen LogP contribution < -0.4 is 20.7 Å². The maximum absolute atomic E-state index is 13.7. The average molecular weight is 528 g/mol. The van der Waals surface area contributed by atoms with Crippen LogP contribution in [0.4, 0.5) is 10.1 Å². The summed E-state index contributed by atoms with van der Waals surface area (Å²) in [5.74, 6) is 0.401. The second-order valence-electron chi connectivity index (χ2n) is 7.01. The molecule has 2 rings (SSSR count). The van der Waals surface area contributed by atoms with E-state index in [0.29, 0.717) is 19.0 Å². The Morgan fingerprint density at radius 3 is 2.33 bits per heavy atom. The van der Waals surface area contributed by atoms with Crippen molar-refractivity contribution in [1.29, 1.82) is 0 Å². The van der Waals surface area contributed by atoms with Crippen LogP contribution in [0.5, 0.6) is 5.75 Å². The molecule has 0 radical (unpaired) electrons. The van der Waals surface area contributed by atoms with Crippen molar-refractivity contribution in [3.63, 3.8) is 0 Å². The number of nitrogens with one attached hydrogen (secondary N) is 3. The van der Waals surface area contributed by atoms with Crippen LogP contribution in [-0.2, 0) is 11.3 Å². The highest BCUT2D eigenvalue weighted by atomic mass is 127. The van der Waals surface area contributed by atoms with E-state index in [2.05, 4.69) is 20.9 Å². The number of rotatable bonds is 8. The minimum Gasteiger partial charge on any atom is -0.486 e. The quantitative estimate of drug-likeness (QED) is 0.273. The standard InChI is InChI=1S/C22H29FN4O2.HI/c1-15(2)21(28)27-18-11-9-17(10-12-18)14-26-22(24-4)25-13-16(3)29-20-8-6-5-7-19(20)23;/h5-12,15-16H,13-14H2,1-4H3,(H,27,28)(H2,24,25,26);1H.